The van der Waals surface area contributed by atoms with Crippen LogP contribution in [0.5, 0.6) is 0 Å². The van der Waals surface area contributed by atoms with Crippen molar-refractivity contribution in [3.05, 3.63) is 30.3 Å². The Morgan fingerprint density at radius 1 is 1.25 bits per heavy atom. The molecule has 0 radical (unpaired) electrons. The van der Waals surface area contributed by atoms with Gasteiger partial charge in [-0.25, -0.2) is 0 Å². The van der Waals surface area contributed by atoms with Crippen LogP contribution in [0.1, 0.15) is 19.8 Å². The minimum Gasteiger partial charge on any atom is -0.357 e. The average Bonchev–Trinajstić information content (AvgIpc) is 2.70. The zero-order chi connectivity index (χ0) is 20.4. The first-order valence-electron chi connectivity index (χ1n) is 9.90. The molecule has 7 nitrogen and oxygen atoms in total. The monoisotopic (exact) mass is 407 g/mol. The number of carbonyl (C=O) groups is 1. The highest BCUT2D eigenvalue weighted by atomic mass is 32.2. The fraction of sp³-hybridized carbons (Fsp3) is 0.600. The lowest BCUT2D eigenvalue weighted by Gasteiger charge is -2.33. The summed E-state index contributed by atoms with van der Waals surface area (Å²) in [5, 5.41) is 6.75. The molecule has 8 heteroatoms. The molecule has 0 bridgehead atoms. The highest BCUT2D eigenvalue weighted by molar-refractivity contribution is 7.85. The summed E-state index contributed by atoms with van der Waals surface area (Å²) < 4.78 is 12.3. The van der Waals surface area contributed by atoms with Crippen LogP contribution >= 0.6 is 0 Å². The van der Waals surface area contributed by atoms with E-state index in [0.717, 1.165) is 43.3 Å². The van der Waals surface area contributed by atoms with Crippen molar-refractivity contribution in [3.8, 4) is 0 Å². The highest BCUT2D eigenvalue weighted by Crippen LogP contribution is 2.10. The number of nitrogens with zero attached hydrogens (tertiary/aromatic N) is 3. The maximum Gasteiger partial charge on any atom is 0.236 e. The topological polar surface area (TPSA) is 77.0 Å². The largest absolute Gasteiger partial charge is 0.357 e. The van der Waals surface area contributed by atoms with Crippen LogP contribution in [0.25, 0.3) is 0 Å². The van der Waals surface area contributed by atoms with Gasteiger partial charge in [0.15, 0.2) is 5.96 Å². The quantitative estimate of drug-likeness (QED) is 0.495. The number of carbonyl (C=O) groups excluding carboxylic acids is 1. The van der Waals surface area contributed by atoms with Gasteiger partial charge in [0.05, 0.1) is 23.9 Å². The molecule has 0 saturated carbocycles. The second kappa shape index (κ2) is 11.8. The molecule has 0 aromatic heterocycles. The minimum atomic E-state index is -1.03. The molecule has 2 rings (SSSR count). The molecule has 1 aliphatic heterocycles. The molecule has 1 heterocycles. The summed E-state index contributed by atoms with van der Waals surface area (Å²) >= 11 is 0. The normalized spacial score (nSPS) is 17.2. The van der Waals surface area contributed by atoms with E-state index in [-0.39, 0.29) is 5.91 Å². The molecule has 2 N–H and O–H groups in total. The average molecular weight is 408 g/mol. The molecule has 1 aromatic rings. The standard InChI is InChI=1S/C20H33N5O2S/c1-4-21-20(22-12-15-28(27)18-8-6-5-7-9-18)23-17-10-13-25(14-11-17)16-19(26)24(2)3/h5-9,17H,4,10-16H2,1-3H3,(H2,21,22,23). The van der Waals surface area contributed by atoms with Crippen LogP contribution in [-0.4, -0.2) is 84.5 Å². The first-order chi connectivity index (χ1) is 13.5. The fourth-order valence-electron chi connectivity index (χ4n) is 3.01. The van der Waals surface area contributed by atoms with Gasteiger partial charge in [-0.3, -0.25) is 18.9 Å². The molecule has 156 valence electrons. The van der Waals surface area contributed by atoms with Gasteiger partial charge in [-0.15, -0.1) is 0 Å². The van der Waals surface area contributed by atoms with Crippen LogP contribution in [0.2, 0.25) is 0 Å². The number of benzene rings is 1. The minimum absolute atomic E-state index is 0.146. The molecule has 1 aliphatic rings. The van der Waals surface area contributed by atoms with E-state index in [1.807, 2.05) is 37.3 Å². The van der Waals surface area contributed by atoms with Crippen molar-refractivity contribution in [2.75, 3.05) is 52.6 Å². The van der Waals surface area contributed by atoms with Crippen molar-refractivity contribution in [2.24, 2.45) is 4.99 Å². The van der Waals surface area contributed by atoms with Crippen molar-refractivity contribution in [1.82, 2.24) is 20.4 Å². The molecule has 0 aliphatic carbocycles. The predicted octanol–water partition coefficient (Wildman–Crippen LogP) is 0.902. The number of hydrogen-bond donors (Lipinski definition) is 2. The molecular formula is C20H33N5O2S. The first kappa shape index (κ1) is 22.4. The van der Waals surface area contributed by atoms with Crippen molar-refractivity contribution in [3.63, 3.8) is 0 Å². The van der Waals surface area contributed by atoms with Crippen molar-refractivity contribution >= 4 is 22.7 Å². The van der Waals surface area contributed by atoms with Crippen LogP contribution in [0.15, 0.2) is 40.2 Å². The van der Waals surface area contributed by atoms with E-state index in [9.17, 15) is 9.00 Å². The second-order valence-electron chi connectivity index (χ2n) is 7.11. The summed E-state index contributed by atoms with van der Waals surface area (Å²) in [5.74, 6) is 1.43. The highest BCUT2D eigenvalue weighted by Gasteiger charge is 2.22. The number of amides is 1. The van der Waals surface area contributed by atoms with E-state index in [1.54, 1.807) is 19.0 Å². The Morgan fingerprint density at radius 3 is 2.54 bits per heavy atom. The molecule has 1 atom stereocenters. The Bertz CT molecular complexity index is 658. The molecule has 28 heavy (non-hydrogen) atoms. The Morgan fingerprint density at radius 2 is 1.93 bits per heavy atom. The summed E-state index contributed by atoms with van der Waals surface area (Å²) in [6, 6.07) is 9.84. The number of likely N-dealkylation sites (N-methyl/N-ethyl adjacent to an activating group) is 1. The predicted molar refractivity (Wildman–Crippen MR) is 115 cm³/mol. The van der Waals surface area contributed by atoms with Gasteiger partial charge in [-0.2, -0.15) is 0 Å². The number of aliphatic imine (C=N–C) groups is 1. The first-order valence-corrected chi connectivity index (χ1v) is 11.2. The third kappa shape index (κ3) is 7.59. The lowest BCUT2D eigenvalue weighted by molar-refractivity contribution is -0.130. The number of hydrogen-bond acceptors (Lipinski definition) is 4. The van der Waals surface area contributed by atoms with E-state index in [4.69, 9.17) is 0 Å². The van der Waals surface area contributed by atoms with Crippen LogP contribution in [0, 0.1) is 0 Å². The van der Waals surface area contributed by atoms with E-state index >= 15 is 0 Å². The summed E-state index contributed by atoms with van der Waals surface area (Å²) in [7, 11) is 2.55. The maximum absolute atomic E-state index is 12.3. The van der Waals surface area contributed by atoms with E-state index < -0.39 is 10.8 Å². The van der Waals surface area contributed by atoms with Gasteiger partial charge >= 0.3 is 0 Å². The SMILES string of the molecule is CCNC(=NCCS(=O)c1ccccc1)NC1CCN(CC(=O)N(C)C)CC1. The van der Waals surface area contributed by atoms with Crippen molar-refractivity contribution < 1.29 is 9.00 Å². The third-order valence-electron chi connectivity index (χ3n) is 4.68. The van der Waals surface area contributed by atoms with Crippen LogP contribution in [0.3, 0.4) is 0 Å². The Hall–Kier alpha value is -1.93. The molecule has 1 fully saturated rings. The summed E-state index contributed by atoms with van der Waals surface area (Å²) in [6.45, 7) is 5.61. The second-order valence-corrected chi connectivity index (χ2v) is 8.68. The van der Waals surface area contributed by atoms with Gasteiger partial charge < -0.3 is 15.5 Å². The van der Waals surface area contributed by atoms with Gasteiger partial charge in [0, 0.05) is 50.4 Å². The van der Waals surface area contributed by atoms with Gasteiger partial charge in [0.1, 0.15) is 0 Å². The number of piperidine rings is 1. The van der Waals surface area contributed by atoms with Gasteiger partial charge in [0.25, 0.3) is 0 Å². The van der Waals surface area contributed by atoms with E-state index in [2.05, 4.69) is 20.5 Å². The Labute approximate surface area is 171 Å². The number of nitrogens with one attached hydrogen (secondary N) is 2. The lowest BCUT2D eigenvalue weighted by atomic mass is 10.1. The maximum atomic E-state index is 12.3. The van der Waals surface area contributed by atoms with Crippen LogP contribution < -0.4 is 10.6 Å². The lowest BCUT2D eigenvalue weighted by Crippen LogP contribution is -2.50. The molecule has 1 amide bonds. The zero-order valence-corrected chi connectivity index (χ0v) is 18.0. The summed E-state index contributed by atoms with van der Waals surface area (Å²) in [4.78, 5) is 21.1. The van der Waals surface area contributed by atoms with Gasteiger partial charge in [-0.05, 0) is 31.9 Å². The van der Waals surface area contributed by atoms with Gasteiger partial charge in [-0.1, -0.05) is 18.2 Å². The number of guanidine groups is 1. The smallest absolute Gasteiger partial charge is 0.236 e. The fourth-order valence-corrected chi connectivity index (χ4v) is 3.97. The number of rotatable bonds is 8. The Balaban J connectivity index is 1.78. The van der Waals surface area contributed by atoms with Crippen LogP contribution in [-0.2, 0) is 15.6 Å². The zero-order valence-electron chi connectivity index (χ0n) is 17.2. The van der Waals surface area contributed by atoms with Crippen LogP contribution in [0.4, 0.5) is 0 Å². The van der Waals surface area contributed by atoms with Gasteiger partial charge in [0.2, 0.25) is 5.91 Å². The summed E-state index contributed by atoms with van der Waals surface area (Å²) in [5.41, 5.74) is 0. The molecule has 1 saturated heterocycles. The molecule has 0 spiro atoms. The van der Waals surface area contributed by atoms with E-state index in [1.165, 1.54) is 0 Å². The van der Waals surface area contributed by atoms with E-state index in [0.29, 0.717) is 24.9 Å². The van der Waals surface area contributed by atoms with Crippen molar-refractivity contribution in [1.29, 1.82) is 0 Å². The Kier molecular flexibility index (Phi) is 9.43. The third-order valence-corrected chi connectivity index (χ3v) is 6.03. The number of likely N-dealkylation sites (tertiary alicyclic amines) is 1. The van der Waals surface area contributed by atoms with Crippen molar-refractivity contribution in [2.45, 2.75) is 30.7 Å². The summed E-state index contributed by atoms with van der Waals surface area (Å²) in [6.07, 6.45) is 1.95. The molecule has 1 unspecified atom stereocenters. The molecule has 1 aromatic carbocycles. The molecular weight excluding hydrogens is 374 g/mol.